The first-order chi connectivity index (χ1) is 11.9. The van der Waals surface area contributed by atoms with E-state index in [2.05, 4.69) is 17.6 Å². The molecule has 6 heteroatoms. The van der Waals surface area contributed by atoms with Crippen molar-refractivity contribution in [2.45, 2.75) is 49.0 Å². The Kier molecular flexibility index (Phi) is 7.67. The molecule has 0 aliphatic heterocycles. The summed E-state index contributed by atoms with van der Waals surface area (Å²) >= 11 is 18.2. The number of hydrogen-bond acceptors (Lipinski definition) is 2. The minimum absolute atomic E-state index is 0.125. The smallest absolute Gasteiger partial charge is 0.228 e. The Morgan fingerprint density at radius 2 is 1.76 bits per heavy atom. The maximum atomic E-state index is 12.2. The third-order valence-electron chi connectivity index (χ3n) is 3.98. The molecule has 2 rings (SSSR count). The number of fused-ring (bicyclic) bond motifs is 1. The summed E-state index contributed by atoms with van der Waals surface area (Å²) in [6.07, 6.45) is 3.71. The maximum absolute atomic E-state index is 12.2. The molecule has 0 saturated carbocycles. The molecular formula is C19H23Cl3N2O. The number of carbonyl (C=O) groups excluding carboxylic acids is 1. The molecule has 1 amide bonds. The largest absolute Gasteiger partial charge is 0.361 e. The Balaban J connectivity index is 2.09. The van der Waals surface area contributed by atoms with Gasteiger partial charge in [-0.2, -0.15) is 0 Å². The molecule has 25 heavy (non-hydrogen) atoms. The minimum Gasteiger partial charge on any atom is -0.361 e. The summed E-state index contributed by atoms with van der Waals surface area (Å²) in [5.41, 5.74) is 0.806. The number of hydrogen-bond donors (Lipinski definition) is 2. The third-order valence-corrected chi connectivity index (χ3v) is 4.63. The highest BCUT2D eigenvalue weighted by molar-refractivity contribution is 6.68. The lowest BCUT2D eigenvalue weighted by atomic mass is 10.1. The molecule has 0 heterocycles. The average Bonchev–Trinajstić information content (AvgIpc) is 2.57. The van der Waals surface area contributed by atoms with Crippen molar-refractivity contribution in [2.24, 2.45) is 0 Å². The second-order valence-electron chi connectivity index (χ2n) is 6.02. The summed E-state index contributed by atoms with van der Waals surface area (Å²) in [4.78, 5) is 12.2. The van der Waals surface area contributed by atoms with Crippen molar-refractivity contribution in [1.82, 2.24) is 5.32 Å². The van der Waals surface area contributed by atoms with Gasteiger partial charge in [-0.25, -0.2) is 0 Å². The predicted molar refractivity (Wildman–Crippen MR) is 109 cm³/mol. The maximum Gasteiger partial charge on any atom is 0.228 e. The minimum atomic E-state index is -1.67. The molecule has 0 fully saturated rings. The van der Waals surface area contributed by atoms with Crippen LogP contribution in [-0.4, -0.2) is 15.9 Å². The van der Waals surface area contributed by atoms with Crippen LogP contribution < -0.4 is 10.6 Å². The predicted octanol–water partition coefficient (Wildman–Crippen LogP) is 6.03. The van der Waals surface area contributed by atoms with Gasteiger partial charge in [0.2, 0.25) is 9.70 Å². The van der Waals surface area contributed by atoms with Crippen LogP contribution in [0.2, 0.25) is 0 Å². The number of halogens is 3. The first kappa shape index (κ1) is 20.2. The van der Waals surface area contributed by atoms with E-state index in [1.165, 1.54) is 0 Å². The van der Waals surface area contributed by atoms with Crippen LogP contribution in [0.3, 0.4) is 0 Å². The van der Waals surface area contributed by atoms with Crippen LogP contribution in [0, 0.1) is 0 Å². The number of unbranched alkanes of at least 4 members (excludes halogenated alkanes) is 3. The molecule has 0 saturated heterocycles. The number of carbonyl (C=O) groups is 1. The summed E-state index contributed by atoms with van der Waals surface area (Å²) in [7, 11) is 0. The summed E-state index contributed by atoms with van der Waals surface area (Å²) in [5, 5.41) is 8.04. The van der Waals surface area contributed by atoms with Crippen LogP contribution in [0.4, 0.5) is 5.69 Å². The number of alkyl halides is 3. The van der Waals surface area contributed by atoms with Crippen LogP contribution in [0.15, 0.2) is 42.5 Å². The van der Waals surface area contributed by atoms with Crippen molar-refractivity contribution < 1.29 is 4.79 Å². The molecule has 0 aliphatic rings. The van der Waals surface area contributed by atoms with Crippen molar-refractivity contribution in [3.8, 4) is 0 Å². The van der Waals surface area contributed by atoms with Gasteiger partial charge in [-0.3, -0.25) is 4.79 Å². The third kappa shape index (κ3) is 6.25. The molecule has 0 radical (unpaired) electrons. The fraction of sp³-hybridized carbons (Fsp3) is 0.421. The van der Waals surface area contributed by atoms with E-state index >= 15 is 0 Å². The van der Waals surface area contributed by atoms with E-state index in [9.17, 15) is 4.79 Å². The van der Waals surface area contributed by atoms with Crippen molar-refractivity contribution in [1.29, 1.82) is 0 Å². The van der Waals surface area contributed by atoms with E-state index in [-0.39, 0.29) is 5.91 Å². The van der Waals surface area contributed by atoms with Crippen LogP contribution in [-0.2, 0) is 4.79 Å². The first-order valence-corrected chi connectivity index (χ1v) is 9.65. The van der Waals surface area contributed by atoms with E-state index in [0.29, 0.717) is 6.42 Å². The van der Waals surface area contributed by atoms with Crippen molar-refractivity contribution >= 4 is 57.2 Å². The number of nitrogens with one attached hydrogen (secondary N) is 2. The van der Waals surface area contributed by atoms with Gasteiger partial charge < -0.3 is 10.6 Å². The molecule has 0 bridgehead atoms. The molecule has 2 N–H and O–H groups in total. The van der Waals surface area contributed by atoms with Crippen LogP contribution >= 0.6 is 34.8 Å². The topological polar surface area (TPSA) is 41.1 Å². The lowest BCUT2D eigenvalue weighted by molar-refractivity contribution is -0.121. The summed E-state index contributed by atoms with van der Waals surface area (Å²) in [5.74, 6) is -0.125. The second-order valence-corrected chi connectivity index (χ2v) is 8.39. The number of rotatable bonds is 8. The highest BCUT2D eigenvalue weighted by Gasteiger charge is 2.34. The lowest BCUT2D eigenvalue weighted by Gasteiger charge is -2.28. The van der Waals surface area contributed by atoms with Gasteiger partial charge in [0.15, 0.2) is 0 Å². The zero-order valence-electron chi connectivity index (χ0n) is 14.2. The van der Waals surface area contributed by atoms with E-state index in [1.54, 1.807) is 0 Å². The first-order valence-electron chi connectivity index (χ1n) is 8.52. The lowest BCUT2D eigenvalue weighted by Crippen LogP contribution is -2.49. The number of amides is 1. The molecule has 0 aromatic heterocycles. The van der Waals surface area contributed by atoms with Gasteiger partial charge in [0, 0.05) is 17.5 Å². The Morgan fingerprint density at radius 1 is 1.04 bits per heavy atom. The summed E-state index contributed by atoms with van der Waals surface area (Å²) in [6, 6.07) is 13.8. The highest BCUT2D eigenvalue weighted by atomic mass is 35.6. The van der Waals surface area contributed by atoms with E-state index in [0.717, 1.165) is 42.1 Å². The molecule has 0 spiro atoms. The quantitative estimate of drug-likeness (QED) is 0.322. The van der Waals surface area contributed by atoms with Gasteiger partial charge in [0.05, 0.1) is 0 Å². The Hall–Kier alpha value is -1.16. The molecule has 0 unspecified atom stereocenters. The number of anilines is 1. The Morgan fingerprint density at radius 3 is 2.48 bits per heavy atom. The molecule has 136 valence electrons. The van der Waals surface area contributed by atoms with Gasteiger partial charge in [0.25, 0.3) is 0 Å². The fourth-order valence-electron chi connectivity index (χ4n) is 2.65. The normalized spacial score (nSPS) is 12.8. The molecular weight excluding hydrogens is 379 g/mol. The van der Waals surface area contributed by atoms with Gasteiger partial charge >= 0.3 is 0 Å². The fourth-order valence-corrected chi connectivity index (χ4v) is 2.98. The van der Waals surface area contributed by atoms with Gasteiger partial charge in [-0.05, 0) is 17.9 Å². The van der Waals surface area contributed by atoms with Crippen LogP contribution in [0.5, 0.6) is 0 Å². The van der Waals surface area contributed by atoms with Crippen LogP contribution in [0.1, 0.15) is 39.0 Å². The van der Waals surface area contributed by atoms with Crippen molar-refractivity contribution in [2.75, 3.05) is 5.32 Å². The van der Waals surface area contributed by atoms with Crippen molar-refractivity contribution in [3.63, 3.8) is 0 Å². The van der Waals surface area contributed by atoms with Gasteiger partial charge in [0.1, 0.15) is 6.17 Å². The second kappa shape index (κ2) is 9.51. The summed E-state index contributed by atoms with van der Waals surface area (Å²) < 4.78 is -1.67. The van der Waals surface area contributed by atoms with Gasteiger partial charge in [-0.15, -0.1) is 0 Å². The zero-order valence-corrected chi connectivity index (χ0v) is 16.5. The molecule has 1 atom stereocenters. The zero-order chi connectivity index (χ0) is 18.3. The number of benzene rings is 2. The monoisotopic (exact) mass is 400 g/mol. The van der Waals surface area contributed by atoms with E-state index < -0.39 is 9.96 Å². The van der Waals surface area contributed by atoms with Crippen LogP contribution in [0.25, 0.3) is 10.8 Å². The average molecular weight is 402 g/mol. The van der Waals surface area contributed by atoms with E-state index in [4.69, 9.17) is 34.8 Å². The highest BCUT2D eigenvalue weighted by Crippen LogP contribution is 2.33. The summed E-state index contributed by atoms with van der Waals surface area (Å²) in [6.45, 7) is 2.13. The SMILES string of the molecule is CCCCCCC(=O)N[C@@H](Nc1cccc2ccccc12)C(Cl)(Cl)Cl. The molecule has 2 aromatic carbocycles. The Bertz CT molecular complexity index is 695. The van der Waals surface area contributed by atoms with Gasteiger partial charge in [-0.1, -0.05) is 97.4 Å². The standard InChI is InChI=1S/C19H23Cl3N2O/c1-2-3-4-5-13-17(25)24-18(19(20,21)22)23-16-12-8-10-14-9-6-7-11-15(14)16/h6-12,18,23H,2-5,13H2,1H3,(H,24,25)/t18-/m1/s1. The Labute approximate surface area is 164 Å². The van der Waals surface area contributed by atoms with Crippen molar-refractivity contribution in [3.05, 3.63) is 42.5 Å². The molecule has 3 nitrogen and oxygen atoms in total. The molecule has 0 aliphatic carbocycles. The molecule has 2 aromatic rings. The van der Waals surface area contributed by atoms with E-state index in [1.807, 2.05) is 42.5 Å².